The van der Waals surface area contributed by atoms with Crippen molar-refractivity contribution in [1.29, 1.82) is 0 Å². The Labute approximate surface area is 283 Å². The van der Waals surface area contributed by atoms with Crippen molar-refractivity contribution < 1.29 is 23.9 Å². The second-order valence-corrected chi connectivity index (χ2v) is 13.0. The zero-order valence-corrected chi connectivity index (χ0v) is 27.9. The molecule has 246 valence electrons. The number of carbonyl (C=O) groups is 4. The zero-order valence-electron chi connectivity index (χ0n) is 27.1. The Hall–Kier alpha value is -5.29. The Morgan fingerprint density at radius 2 is 1.77 bits per heavy atom. The molecule has 1 N–H and O–H groups in total. The Morgan fingerprint density at radius 1 is 1.02 bits per heavy atom. The summed E-state index contributed by atoms with van der Waals surface area (Å²) >= 11 is 1.40. The van der Waals surface area contributed by atoms with E-state index in [0.717, 1.165) is 29.1 Å². The van der Waals surface area contributed by atoms with Crippen LogP contribution in [-0.2, 0) is 20.9 Å². The number of benzene rings is 3. The van der Waals surface area contributed by atoms with Crippen LogP contribution in [0.4, 0.5) is 17.1 Å². The van der Waals surface area contributed by atoms with Crippen LogP contribution in [0.1, 0.15) is 34.6 Å². The molecule has 0 saturated heterocycles. The number of hydrogen-bond acceptors (Lipinski definition) is 8. The summed E-state index contributed by atoms with van der Waals surface area (Å²) in [5.41, 5.74) is 3.88. The highest BCUT2D eigenvalue weighted by atomic mass is 32.1. The van der Waals surface area contributed by atoms with Crippen molar-refractivity contribution in [2.45, 2.75) is 31.8 Å². The predicted octanol–water partition coefficient (Wildman–Crippen LogP) is 5.81. The number of thiazole rings is 1. The van der Waals surface area contributed by atoms with Gasteiger partial charge in [0, 0.05) is 36.4 Å². The number of methoxy groups -OCH3 is 1. The molecular formula is C37H37N5O5S. The number of allylic oxidation sites excluding steroid dienone is 2. The first-order valence-electron chi connectivity index (χ1n) is 15.8. The van der Waals surface area contributed by atoms with Crippen molar-refractivity contribution in [3.63, 3.8) is 0 Å². The molecule has 0 spiro atoms. The first-order valence-corrected chi connectivity index (χ1v) is 16.7. The van der Waals surface area contributed by atoms with Gasteiger partial charge in [0.05, 0.1) is 30.6 Å². The maximum absolute atomic E-state index is 14.5. The molecule has 10 nitrogen and oxygen atoms in total. The zero-order chi connectivity index (χ0) is 33.8. The summed E-state index contributed by atoms with van der Waals surface area (Å²) in [7, 11) is 5.50. The third kappa shape index (κ3) is 6.86. The first kappa shape index (κ1) is 32.6. The molecule has 2 heterocycles. The van der Waals surface area contributed by atoms with Crippen LogP contribution in [-0.4, -0.2) is 67.2 Å². The lowest BCUT2D eigenvalue weighted by Crippen LogP contribution is -2.54. The molecule has 0 radical (unpaired) electrons. The smallest absolute Gasteiger partial charge is 0.299 e. The van der Waals surface area contributed by atoms with Crippen molar-refractivity contribution in [3.8, 4) is 17.0 Å². The highest BCUT2D eigenvalue weighted by Crippen LogP contribution is 2.32. The van der Waals surface area contributed by atoms with Gasteiger partial charge in [-0.05, 0) is 85.8 Å². The molecule has 4 aromatic rings. The standard InChI is InChI=1S/C37H37N5O5S/c1-40(2)27-17-15-26(16-18-27)38-36(45)34(25-9-5-4-6-10-25)42(21-32-39-30(23-48-32)24-13-19-28(47-3)20-14-24)33(43)22-41-31-12-8-7-11-29(31)35(44)37(41)46/h4-5,7-8,11-20,23,25,34H,6,9-10,21-22H2,1-3H3,(H,38,45). The quantitative estimate of drug-likeness (QED) is 0.159. The first-order chi connectivity index (χ1) is 23.2. The number of ether oxygens (including phenoxy) is 1. The number of fused-ring (bicyclic) bond motifs is 1. The van der Waals surface area contributed by atoms with Crippen molar-refractivity contribution in [2.24, 2.45) is 5.92 Å². The van der Waals surface area contributed by atoms with E-state index in [1.54, 1.807) is 36.3 Å². The number of para-hydroxylation sites is 1. The van der Waals surface area contributed by atoms with Crippen LogP contribution < -0.4 is 19.9 Å². The van der Waals surface area contributed by atoms with E-state index in [0.29, 0.717) is 29.2 Å². The maximum Gasteiger partial charge on any atom is 0.299 e. The Morgan fingerprint density at radius 3 is 2.46 bits per heavy atom. The Kier molecular flexibility index (Phi) is 9.67. The van der Waals surface area contributed by atoms with Gasteiger partial charge in [-0.1, -0.05) is 24.3 Å². The molecule has 2 unspecified atom stereocenters. The Bertz CT molecular complexity index is 1850. The minimum atomic E-state index is -0.868. The number of rotatable bonds is 11. The maximum atomic E-state index is 14.5. The molecule has 0 bridgehead atoms. The van der Waals surface area contributed by atoms with E-state index in [4.69, 9.17) is 9.72 Å². The lowest BCUT2D eigenvalue weighted by molar-refractivity contribution is -0.140. The SMILES string of the molecule is COc1ccc(-c2csc(CN(C(=O)CN3C(=O)C(=O)c4ccccc43)C(C(=O)Nc3ccc(N(C)C)cc3)C3CC=CCC3)n2)cc1. The van der Waals surface area contributed by atoms with E-state index in [-0.39, 0.29) is 30.5 Å². The normalized spacial score (nSPS) is 16.0. The van der Waals surface area contributed by atoms with E-state index in [9.17, 15) is 19.2 Å². The second kappa shape index (κ2) is 14.2. The monoisotopic (exact) mass is 663 g/mol. The van der Waals surface area contributed by atoms with Crippen LogP contribution in [0.2, 0.25) is 0 Å². The van der Waals surface area contributed by atoms with Gasteiger partial charge in [0.2, 0.25) is 11.8 Å². The number of amides is 3. The fourth-order valence-electron chi connectivity index (χ4n) is 6.17. The molecule has 1 aliphatic carbocycles. The molecule has 0 saturated carbocycles. The lowest BCUT2D eigenvalue weighted by atomic mass is 9.86. The molecule has 11 heteroatoms. The van der Waals surface area contributed by atoms with Crippen LogP contribution in [0.5, 0.6) is 5.75 Å². The molecule has 6 rings (SSSR count). The van der Waals surface area contributed by atoms with Crippen LogP contribution in [0.3, 0.4) is 0 Å². The molecule has 0 fully saturated rings. The highest BCUT2D eigenvalue weighted by molar-refractivity contribution is 7.09. The minimum Gasteiger partial charge on any atom is -0.497 e. The predicted molar refractivity (Wildman–Crippen MR) is 187 cm³/mol. The van der Waals surface area contributed by atoms with E-state index in [1.807, 2.05) is 79.0 Å². The molecule has 3 aromatic carbocycles. The number of aromatic nitrogens is 1. The third-order valence-corrected chi connectivity index (χ3v) is 9.58. The number of carbonyl (C=O) groups excluding carboxylic acids is 4. The van der Waals surface area contributed by atoms with Crippen LogP contribution >= 0.6 is 11.3 Å². The fraction of sp³-hybridized carbons (Fsp3) is 0.270. The number of nitrogens with zero attached hydrogens (tertiary/aromatic N) is 4. The minimum absolute atomic E-state index is 0.0507. The molecule has 1 aromatic heterocycles. The van der Waals surface area contributed by atoms with Gasteiger partial charge in [0.25, 0.3) is 11.7 Å². The van der Waals surface area contributed by atoms with Gasteiger partial charge in [-0.3, -0.25) is 24.1 Å². The van der Waals surface area contributed by atoms with Crippen LogP contribution in [0.25, 0.3) is 11.3 Å². The summed E-state index contributed by atoms with van der Waals surface area (Å²) in [5.74, 6) is -1.63. The Balaban J connectivity index is 1.34. The van der Waals surface area contributed by atoms with Gasteiger partial charge in [0.1, 0.15) is 23.3 Å². The van der Waals surface area contributed by atoms with Crippen LogP contribution in [0.15, 0.2) is 90.3 Å². The largest absolute Gasteiger partial charge is 0.497 e. The summed E-state index contributed by atoms with van der Waals surface area (Å²) in [5, 5.41) is 5.61. The summed E-state index contributed by atoms with van der Waals surface area (Å²) in [4.78, 5) is 64.2. The molecule has 2 atom stereocenters. The van der Waals surface area contributed by atoms with Crippen LogP contribution in [0, 0.1) is 5.92 Å². The average molecular weight is 664 g/mol. The summed E-state index contributed by atoms with van der Waals surface area (Å²) < 4.78 is 5.29. The van der Waals surface area contributed by atoms with Gasteiger partial charge in [-0.15, -0.1) is 11.3 Å². The molecular weight excluding hydrogens is 627 g/mol. The summed E-state index contributed by atoms with van der Waals surface area (Å²) in [6.07, 6.45) is 6.23. The lowest BCUT2D eigenvalue weighted by Gasteiger charge is -2.37. The molecule has 3 amide bonds. The third-order valence-electron chi connectivity index (χ3n) is 8.75. The number of ketones is 1. The second-order valence-electron chi connectivity index (χ2n) is 12.0. The summed E-state index contributed by atoms with van der Waals surface area (Å²) in [6.45, 7) is -0.336. The molecule has 1 aliphatic heterocycles. The van der Waals surface area contributed by atoms with E-state index in [1.165, 1.54) is 16.2 Å². The van der Waals surface area contributed by atoms with E-state index >= 15 is 0 Å². The van der Waals surface area contributed by atoms with Gasteiger partial charge in [-0.25, -0.2) is 4.98 Å². The van der Waals surface area contributed by atoms with Gasteiger partial charge < -0.3 is 19.9 Å². The van der Waals surface area contributed by atoms with Crippen molar-refractivity contribution in [3.05, 3.63) is 101 Å². The van der Waals surface area contributed by atoms with Gasteiger partial charge >= 0.3 is 0 Å². The summed E-state index contributed by atoms with van der Waals surface area (Å²) in [6, 6.07) is 20.8. The number of hydrogen-bond donors (Lipinski definition) is 1. The van der Waals surface area contributed by atoms with Crippen molar-refractivity contribution in [2.75, 3.05) is 42.9 Å². The molecule has 2 aliphatic rings. The van der Waals surface area contributed by atoms with Crippen molar-refractivity contribution in [1.82, 2.24) is 9.88 Å². The van der Waals surface area contributed by atoms with Crippen molar-refractivity contribution >= 4 is 51.9 Å². The topological polar surface area (TPSA) is 112 Å². The van der Waals surface area contributed by atoms with Gasteiger partial charge in [-0.2, -0.15) is 0 Å². The fourth-order valence-corrected chi connectivity index (χ4v) is 6.97. The van der Waals surface area contributed by atoms with E-state index in [2.05, 4.69) is 11.4 Å². The average Bonchev–Trinajstić information content (AvgIpc) is 3.67. The van der Waals surface area contributed by atoms with E-state index < -0.39 is 23.6 Å². The number of anilines is 3. The molecule has 48 heavy (non-hydrogen) atoms. The number of nitrogens with one attached hydrogen (secondary N) is 1. The number of Topliss-reactive ketones (excluding diaryl/α,β-unsaturated/α-hetero) is 1. The van der Waals surface area contributed by atoms with Gasteiger partial charge in [0.15, 0.2) is 0 Å². The highest BCUT2D eigenvalue weighted by Gasteiger charge is 2.41.